The van der Waals surface area contributed by atoms with E-state index in [0.717, 1.165) is 10.8 Å². The second-order valence-electron chi connectivity index (χ2n) is 4.11. The van der Waals surface area contributed by atoms with E-state index in [4.69, 9.17) is 0 Å². The van der Waals surface area contributed by atoms with Crippen LogP contribution in [0.4, 0.5) is 5.13 Å². The number of methoxy groups -OCH3 is 1. The smallest absolute Gasteiger partial charge is 0.350 e. The molecule has 82 valence electrons. The van der Waals surface area contributed by atoms with E-state index < -0.39 is 0 Å². The molecule has 4 nitrogen and oxygen atoms in total. The van der Waals surface area contributed by atoms with E-state index in [0.29, 0.717) is 4.88 Å². The van der Waals surface area contributed by atoms with Crippen molar-refractivity contribution in [3.63, 3.8) is 0 Å². The zero-order valence-electron chi connectivity index (χ0n) is 9.09. The first-order valence-electron chi connectivity index (χ1n) is 4.88. The van der Waals surface area contributed by atoms with Crippen LogP contribution in [0.1, 0.15) is 35.1 Å². The molecule has 1 fully saturated rings. The molecule has 1 saturated carbocycles. The number of ether oxygens (including phenoxy) is 1. The van der Waals surface area contributed by atoms with E-state index in [-0.39, 0.29) is 11.5 Å². The van der Waals surface area contributed by atoms with Crippen LogP contribution in [0.5, 0.6) is 0 Å². The summed E-state index contributed by atoms with van der Waals surface area (Å²) in [5.41, 5.74) is 0.927. The summed E-state index contributed by atoms with van der Waals surface area (Å²) < 4.78 is 4.68. The molecule has 0 saturated heterocycles. The van der Waals surface area contributed by atoms with Gasteiger partial charge in [0.05, 0.1) is 12.8 Å². The van der Waals surface area contributed by atoms with E-state index in [1.165, 1.54) is 31.3 Å². The molecule has 0 unspecified atom stereocenters. The molecule has 0 radical (unpaired) electrons. The zero-order valence-corrected chi connectivity index (χ0v) is 9.90. The molecule has 1 aromatic heterocycles. The number of aromatic nitrogens is 1. The van der Waals surface area contributed by atoms with Gasteiger partial charge in [-0.15, -0.1) is 0 Å². The first-order valence-corrected chi connectivity index (χ1v) is 5.70. The third-order valence-corrected chi connectivity index (χ3v) is 3.63. The van der Waals surface area contributed by atoms with Gasteiger partial charge in [-0.25, -0.2) is 9.78 Å². The molecular formula is C10H14N2O2S. The second kappa shape index (κ2) is 3.48. The van der Waals surface area contributed by atoms with Gasteiger partial charge in [-0.2, -0.15) is 0 Å². The maximum Gasteiger partial charge on any atom is 0.350 e. The van der Waals surface area contributed by atoms with E-state index in [1.54, 1.807) is 0 Å². The van der Waals surface area contributed by atoms with Crippen molar-refractivity contribution in [2.24, 2.45) is 0 Å². The Bertz CT molecular complexity index is 396. The molecule has 1 aliphatic carbocycles. The van der Waals surface area contributed by atoms with Crippen molar-refractivity contribution in [1.29, 1.82) is 0 Å². The van der Waals surface area contributed by atoms with Crippen molar-refractivity contribution in [1.82, 2.24) is 4.98 Å². The third-order valence-electron chi connectivity index (χ3n) is 2.58. The fourth-order valence-corrected chi connectivity index (χ4v) is 2.34. The largest absolute Gasteiger partial charge is 0.465 e. The first-order chi connectivity index (χ1) is 7.04. The Balaban J connectivity index is 2.17. The highest BCUT2D eigenvalue weighted by molar-refractivity contribution is 7.17. The van der Waals surface area contributed by atoms with E-state index in [1.807, 2.05) is 6.92 Å². The topological polar surface area (TPSA) is 51.2 Å². The number of anilines is 1. The minimum atomic E-state index is -0.306. The van der Waals surface area contributed by atoms with Crippen LogP contribution in [0.15, 0.2) is 0 Å². The normalized spacial score (nSPS) is 17.3. The summed E-state index contributed by atoms with van der Waals surface area (Å²) >= 11 is 1.36. The fraction of sp³-hybridized carbons (Fsp3) is 0.600. The van der Waals surface area contributed by atoms with Gasteiger partial charge in [-0.05, 0) is 26.7 Å². The van der Waals surface area contributed by atoms with E-state index in [2.05, 4.69) is 22.0 Å². The van der Waals surface area contributed by atoms with E-state index in [9.17, 15) is 4.79 Å². The quantitative estimate of drug-likeness (QED) is 0.803. The number of thiazole rings is 1. The van der Waals surface area contributed by atoms with Gasteiger partial charge in [0.25, 0.3) is 0 Å². The molecule has 0 atom stereocenters. The van der Waals surface area contributed by atoms with Gasteiger partial charge in [-0.1, -0.05) is 11.3 Å². The number of rotatable bonds is 3. The lowest BCUT2D eigenvalue weighted by Crippen LogP contribution is -2.15. The van der Waals surface area contributed by atoms with Crippen LogP contribution < -0.4 is 5.32 Å². The van der Waals surface area contributed by atoms with Crippen molar-refractivity contribution in [3.05, 3.63) is 10.6 Å². The number of carbonyl (C=O) groups excluding carboxylic acids is 1. The predicted molar refractivity (Wildman–Crippen MR) is 59.5 cm³/mol. The van der Waals surface area contributed by atoms with Crippen LogP contribution in [0.2, 0.25) is 0 Å². The molecule has 5 heteroatoms. The molecule has 2 rings (SSSR count). The first kappa shape index (κ1) is 10.4. The Kier molecular flexibility index (Phi) is 2.42. The van der Waals surface area contributed by atoms with Crippen LogP contribution in [-0.4, -0.2) is 23.6 Å². The van der Waals surface area contributed by atoms with Crippen LogP contribution >= 0.6 is 11.3 Å². The third kappa shape index (κ3) is 2.12. The molecule has 0 spiro atoms. The Hall–Kier alpha value is -1.10. The van der Waals surface area contributed by atoms with Gasteiger partial charge in [-0.3, -0.25) is 0 Å². The Morgan fingerprint density at radius 1 is 1.60 bits per heavy atom. The standard InChI is InChI=1S/C10H14N2O2S/c1-6-7(8(13)14-3)15-9(11-6)12-10(2)4-5-10/h4-5H2,1-3H3,(H,11,12). The van der Waals surface area contributed by atoms with Crippen molar-refractivity contribution in [3.8, 4) is 0 Å². The van der Waals surface area contributed by atoms with Crippen molar-refractivity contribution in [2.75, 3.05) is 12.4 Å². The van der Waals surface area contributed by atoms with Crippen molar-refractivity contribution < 1.29 is 9.53 Å². The van der Waals surface area contributed by atoms with Crippen molar-refractivity contribution >= 4 is 22.4 Å². The molecule has 0 bridgehead atoms. The molecule has 15 heavy (non-hydrogen) atoms. The molecule has 0 aromatic carbocycles. The van der Waals surface area contributed by atoms with Gasteiger partial charge in [0.2, 0.25) is 0 Å². The summed E-state index contributed by atoms with van der Waals surface area (Å²) in [6.07, 6.45) is 2.33. The maximum absolute atomic E-state index is 11.3. The molecular weight excluding hydrogens is 212 g/mol. The number of aryl methyl sites for hydroxylation is 1. The summed E-state index contributed by atoms with van der Waals surface area (Å²) in [5.74, 6) is -0.306. The average molecular weight is 226 g/mol. The lowest BCUT2D eigenvalue weighted by molar-refractivity contribution is 0.0605. The summed E-state index contributed by atoms with van der Waals surface area (Å²) in [6, 6.07) is 0. The summed E-state index contributed by atoms with van der Waals surface area (Å²) in [6.45, 7) is 3.98. The van der Waals surface area contributed by atoms with Gasteiger partial charge >= 0.3 is 5.97 Å². The summed E-state index contributed by atoms with van der Waals surface area (Å²) in [4.78, 5) is 16.2. The van der Waals surface area contributed by atoms with Crippen LogP contribution in [0, 0.1) is 6.92 Å². The molecule has 1 N–H and O–H groups in total. The number of hydrogen-bond donors (Lipinski definition) is 1. The molecule has 1 aromatic rings. The Morgan fingerprint density at radius 2 is 2.27 bits per heavy atom. The van der Waals surface area contributed by atoms with Crippen LogP contribution in [0.25, 0.3) is 0 Å². The molecule has 0 aliphatic heterocycles. The molecule has 0 amide bonds. The SMILES string of the molecule is COC(=O)c1sc(NC2(C)CC2)nc1C. The fourth-order valence-electron chi connectivity index (χ4n) is 1.30. The number of carbonyl (C=O) groups is 1. The van der Waals surface area contributed by atoms with Crippen LogP contribution in [0.3, 0.4) is 0 Å². The number of nitrogens with one attached hydrogen (secondary N) is 1. The van der Waals surface area contributed by atoms with Gasteiger partial charge in [0.15, 0.2) is 5.13 Å². The maximum atomic E-state index is 11.3. The van der Waals surface area contributed by atoms with Gasteiger partial charge < -0.3 is 10.1 Å². The van der Waals surface area contributed by atoms with Crippen molar-refractivity contribution in [2.45, 2.75) is 32.2 Å². The highest BCUT2D eigenvalue weighted by Crippen LogP contribution is 2.39. The van der Waals surface area contributed by atoms with Gasteiger partial charge in [0, 0.05) is 5.54 Å². The predicted octanol–water partition coefficient (Wildman–Crippen LogP) is 2.20. The minimum absolute atomic E-state index is 0.192. The molecule has 1 heterocycles. The Labute approximate surface area is 92.7 Å². The number of nitrogens with zero attached hydrogens (tertiary/aromatic N) is 1. The van der Waals surface area contributed by atoms with E-state index >= 15 is 0 Å². The minimum Gasteiger partial charge on any atom is -0.465 e. The molecule has 1 aliphatic rings. The Morgan fingerprint density at radius 3 is 2.80 bits per heavy atom. The average Bonchev–Trinajstić information content (AvgIpc) is 2.79. The highest BCUT2D eigenvalue weighted by Gasteiger charge is 2.38. The lowest BCUT2D eigenvalue weighted by atomic mass is 10.3. The second-order valence-corrected chi connectivity index (χ2v) is 5.11. The van der Waals surface area contributed by atoms with Crippen LogP contribution in [-0.2, 0) is 4.74 Å². The summed E-state index contributed by atoms with van der Waals surface area (Å²) in [7, 11) is 1.39. The lowest BCUT2D eigenvalue weighted by Gasteiger charge is -2.08. The number of hydrogen-bond acceptors (Lipinski definition) is 5. The van der Waals surface area contributed by atoms with Gasteiger partial charge in [0.1, 0.15) is 4.88 Å². The number of esters is 1. The zero-order chi connectivity index (χ0) is 11.1. The monoisotopic (exact) mass is 226 g/mol. The summed E-state index contributed by atoms with van der Waals surface area (Å²) in [5, 5.41) is 4.14. The highest BCUT2D eigenvalue weighted by atomic mass is 32.1.